The van der Waals surface area contributed by atoms with E-state index in [4.69, 9.17) is 0 Å². The number of anilines is 1. The SMILES string of the molecule is Cc1cc(Br)c(F)cc1NCc1cnn(C)c1. The van der Waals surface area contributed by atoms with E-state index in [-0.39, 0.29) is 5.82 Å². The maximum Gasteiger partial charge on any atom is 0.139 e. The Hall–Kier alpha value is -1.36. The zero-order valence-corrected chi connectivity index (χ0v) is 11.3. The Morgan fingerprint density at radius 3 is 2.88 bits per heavy atom. The molecular formula is C12H13BrFN3. The fourth-order valence-electron chi connectivity index (χ4n) is 1.60. The Morgan fingerprint density at radius 1 is 1.47 bits per heavy atom. The van der Waals surface area contributed by atoms with Crippen molar-refractivity contribution in [3.8, 4) is 0 Å². The first-order valence-corrected chi connectivity index (χ1v) is 6.02. The van der Waals surface area contributed by atoms with Crippen LogP contribution in [0.15, 0.2) is 29.0 Å². The summed E-state index contributed by atoms with van der Waals surface area (Å²) in [5.41, 5.74) is 2.87. The molecule has 17 heavy (non-hydrogen) atoms. The summed E-state index contributed by atoms with van der Waals surface area (Å²) in [5.74, 6) is -0.260. The third-order valence-corrected chi connectivity index (χ3v) is 3.12. The quantitative estimate of drug-likeness (QED) is 0.942. The van der Waals surface area contributed by atoms with E-state index in [1.165, 1.54) is 6.07 Å². The predicted molar refractivity (Wildman–Crippen MR) is 69.4 cm³/mol. The predicted octanol–water partition coefficient (Wildman–Crippen LogP) is 3.24. The highest BCUT2D eigenvalue weighted by molar-refractivity contribution is 9.10. The largest absolute Gasteiger partial charge is 0.381 e. The number of hydrogen-bond acceptors (Lipinski definition) is 2. The lowest BCUT2D eigenvalue weighted by molar-refractivity contribution is 0.621. The minimum Gasteiger partial charge on any atom is -0.381 e. The van der Waals surface area contributed by atoms with E-state index in [0.717, 1.165) is 16.8 Å². The van der Waals surface area contributed by atoms with Crippen LogP contribution in [-0.4, -0.2) is 9.78 Å². The second-order valence-electron chi connectivity index (χ2n) is 3.96. The lowest BCUT2D eigenvalue weighted by Crippen LogP contribution is -2.01. The first-order chi connectivity index (χ1) is 8.06. The molecular weight excluding hydrogens is 285 g/mol. The van der Waals surface area contributed by atoms with Crippen molar-refractivity contribution in [1.29, 1.82) is 0 Å². The van der Waals surface area contributed by atoms with Crippen LogP contribution >= 0.6 is 15.9 Å². The molecule has 0 aliphatic carbocycles. The molecule has 0 radical (unpaired) electrons. The molecule has 2 aromatic rings. The topological polar surface area (TPSA) is 29.9 Å². The van der Waals surface area contributed by atoms with Crippen molar-refractivity contribution in [2.45, 2.75) is 13.5 Å². The van der Waals surface area contributed by atoms with Gasteiger partial charge in [-0.05, 0) is 40.5 Å². The fourth-order valence-corrected chi connectivity index (χ4v) is 2.06. The maximum atomic E-state index is 13.4. The Bertz CT molecular complexity index is 537. The molecule has 90 valence electrons. The van der Waals surface area contributed by atoms with Crippen LogP contribution in [0.5, 0.6) is 0 Å². The summed E-state index contributed by atoms with van der Waals surface area (Å²) in [5, 5.41) is 7.27. The Kier molecular flexibility index (Phi) is 3.47. The average molecular weight is 298 g/mol. The van der Waals surface area contributed by atoms with Gasteiger partial charge in [-0.1, -0.05) is 0 Å². The zero-order valence-electron chi connectivity index (χ0n) is 9.67. The molecule has 0 saturated heterocycles. The van der Waals surface area contributed by atoms with E-state index in [0.29, 0.717) is 11.0 Å². The monoisotopic (exact) mass is 297 g/mol. The van der Waals surface area contributed by atoms with Gasteiger partial charge in [-0.2, -0.15) is 5.10 Å². The van der Waals surface area contributed by atoms with Crippen LogP contribution in [-0.2, 0) is 13.6 Å². The number of aromatic nitrogens is 2. The first kappa shape index (κ1) is 12.1. The van der Waals surface area contributed by atoms with Crippen LogP contribution in [0.25, 0.3) is 0 Å². The molecule has 0 spiro atoms. The summed E-state index contributed by atoms with van der Waals surface area (Å²) in [4.78, 5) is 0. The number of halogens is 2. The van der Waals surface area contributed by atoms with Gasteiger partial charge in [0.05, 0.1) is 10.7 Å². The molecule has 1 aromatic carbocycles. The Morgan fingerprint density at radius 2 is 2.24 bits per heavy atom. The van der Waals surface area contributed by atoms with Crippen LogP contribution in [0.4, 0.5) is 10.1 Å². The maximum absolute atomic E-state index is 13.4. The van der Waals surface area contributed by atoms with Gasteiger partial charge in [0.1, 0.15) is 5.82 Å². The summed E-state index contributed by atoms with van der Waals surface area (Å²) < 4.78 is 15.6. The second kappa shape index (κ2) is 4.87. The molecule has 1 aromatic heterocycles. The molecule has 2 rings (SSSR count). The lowest BCUT2D eigenvalue weighted by atomic mass is 10.2. The number of aryl methyl sites for hydroxylation is 2. The van der Waals surface area contributed by atoms with E-state index >= 15 is 0 Å². The molecule has 0 bridgehead atoms. The van der Waals surface area contributed by atoms with Gasteiger partial charge in [0, 0.05) is 31.0 Å². The molecule has 0 fully saturated rings. The fraction of sp³-hybridized carbons (Fsp3) is 0.250. The summed E-state index contributed by atoms with van der Waals surface area (Å²) >= 11 is 3.16. The molecule has 0 aliphatic heterocycles. The van der Waals surface area contributed by atoms with Gasteiger partial charge in [-0.15, -0.1) is 0 Å². The number of benzene rings is 1. The van der Waals surface area contributed by atoms with Gasteiger partial charge in [0.15, 0.2) is 0 Å². The third kappa shape index (κ3) is 2.85. The van der Waals surface area contributed by atoms with Crippen LogP contribution in [0.3, 0.4) is 0 Å². The molecule has 1 N–H and O–H groups in total. The Labute approximate surface area is 108 Å². The van der Waals surface area contributed by atoms with Crippen LogP contribution in [0, 0.1) is 12.7 Å². The van der Waals surface area contributed by atoms with Gasteiger partial charge in [0.2, 0.25) is 0 Å². The van der Waals surface area contributed by atoms with Crippen LogP contribution in [0.2, 0.25) is 0 Å². The summed E-state index contributed by atoms with van der Waals surface area (Å²) in [6.45, 7) is 2.57. The molecule has 0 aliphatic rings. The van der Waals surface area contributed by atoms with Gasteiger partial charge in [0.25, 0.3) is 0 Å². The summed E-state index contributed by atoms with van der Waals surface area (Å²) in [6, 6.07) is 3.26. The molecule has 0 amide bonds. The molecule has 0 unspecified atom stereocenters. The van der Waals surface area contributed by atoms with Crippen molar-refractivity contribution in [2.24, 2.45) is 7.05 Å². The second-order valence-corrected chi connectivity index (χ2v) is 4.81. The molecule has 3 nitrogen and oxygen atoms in total. The van der Waals surface area contributed by atoms with Gasteiger partial charge >= 0.3 is 0 Å². The lowest BCUT2D eigenvalue weighted by Gasteiger charge is -2.09. The molecule has 1 heterocycles. The molecule has 5 heteroatoms. The van der Waals surface area contributed by atoms with Gasteiger partial charge in [-0.25, -0.2) is 4.39 Å². The summed E-state index contributed by atoms with van der Waals surface area (Å²) in [6.07, 6.45) is 3.72. The average Bonchev–Trinajstić information content (AvgIpc) is 2.68. The van der Waals surface area contributed by atoms with Gasteiger partial charge < -0.3 is 5.32 Å². The van der Waals surface area contributed by atoms with E-state index in [1.807, 2.05) is 20.2 Å². The number of nitrogens with one attached hydrogen (secondary N) is 1. The molecule has 0 saturated carbocycles. The molecule has 0 atom stereocenters. The van der Waals surface area contributed by atoms with Crippen molar-refractivity contribution >= 4 is 21.6 Å². The third-order valence-electron chi connectivity index (χ3n) is 2.51. The van der Waals surface area contributed by atoms with Crippen LogP contribution in [0.1, 0.15) is 11.1 Å². The van der Waals surface area contributed by atoms with E-state index in [9.17, 15) is 4.39 Å². The summed E-state index contributed by atoms with van der Waals surface area (Å²) in [7, 11) is 1.87. The van der Waals surface area contributed by atoms with Crippen molar-refractivity contribution in [3.63, 3.8) is 0 Å². The highest BCUT2D eigenvalue weighted by Gasteiger charge is 2.05. The van der Waals surface area contributed by atoms with Crippen molar-refractivity contribution in [2.75, 3.05) is 5.32 Å². The van der Waals surface area contributed by atoms with E-state index in [1.54, 1.807) is 16.9 Å². The van der Waals surface area contributed by atoms with Gasteiger partial charge in [-0.3, -0.25) is 4.68 Å². The standard InChI is InChI=1S/C12H13BrFN3/c1-8-3-10(13)11(14)4-12(8)15-5-9-6-16-17(2)7-9/h3-4,6-7,15H,5H2,1-2H3. The van der Waals surface area contributed by atoms with E-state index in [2.05, 4.69) is 26.3 Å². The number of nitrogens with zero attached hydrogens (tertiary/aromatic N) is 2. The van der Waals surface area contributed by atoms with Crippen molar-refractivity contribution in [1.82, 2.24) is 9.78 Å². The number of rotatable bonds is 3. The van der Waals surface area contributed by atoms with Crippen molar-refractivity contribution < 1.29 is 4.39 Å². The zero-order chi connectivity index (χ0) is 12.4. The highest BCUT2D eigenvalue weighted by atomic mass is 79.9. The Balaban J connectivity index is 2.11. The highest BCUT2D eigenvalue weighted by Crippen LogP contribution is 2.24. The van der Waals surface area contributed by atoms with E-state index < -0.39 is 0 Å². The van der Waals surface area contributed by atoms with Crippen LogP contribution < -0.4 is 5.32 Å². The minimum absolute atomic E-state index is 0.260. The minimum atomic E-state index is -0.260. The first-order valence-electron chi connectivity index (χ1n) is 5.23. The smallest absolute Gasteiger partial charge is 0.139 e. The van der Waals surface area contributed by atoms with Crippen molar-refractivity contribution in [3.05, 3.63) is 45.9 Å². The normalized spacial score (nSPS) is 10.6. The number of hydrogen-bond donors (Lipinski definition) is 1.